The van der Waals surface area contributed by atoms with Gasteiger partial charge in [0, 0.05) is 17.6 Å². The topological polar surface area (TPSA) is 44.7 Å². The zero-order valence-electron chi connectivity index (χ0n) is 15.6. The summed E-state index contributed by atoms with van der Waals surface area (Å²) in [5.74, 6) is -0.116. The van der Waals surface area contributed by atoms with Gasteiger partial charge in [-0.1, -0.05) is 23.8 Å². The molecule has 27 heavy (non-hydrogen) atoms. The van der Waals surface area contributed by atoms with E-state index < -0.39 is 0 Å². The second-order valence-electron chi connectivity index (χ2n) is 6.20. The van der Waals surface area contributed by atoms with Gasteiger partial charge < -0.3 is 10.2 Å². The minimum Gasteiger partial charge on any atom is -0.371 e. The van der Waals surface area contributed by atoms with Crippen molar-refractivity contribution in [2.75, 3.05) is 18.0 Å². The van der Waals surface area contributed by atoms with Gasteiger partial charge in [0.1, 0.15) is 0 Å². The molecule has 140 valence electrons. The number of nitrogens with one attached hydrogen (secondary N) is 1. The number of aryl methyl sites for hydroxylation is 1. The molecule has 0 aliphatic carbocycles. The predicted octanol–water partition coefficient (Wildman–Crippen LogP) is 5.50. The normalized spacial score (nSPS) is 16.8. The largest absolute Gasteiger partial charge is 0.371 e. The third-order valence-electron chi connectivity index (χ3n) is 4.29. The molecule has 6 heteroatoms. The lowest BCUT2D eigenvalue weighted by Crippen LogP contribution is -2.22. The molecular formula is C21H22BrN3OS. The minimum absolute atomic E-state index is 0.116. The maximum atomic E-state index is 12.3. The number of aliphatic imine (C=N–C) groups is 1. The van der Waals surface area contributed by atoms with Gasteiger partial charge in [-0.25, -0.2) is 4.99 Å². The summed E-state index contributed by atoms with van der Waals surface area (Å²) in [6.07, 6.45) is 1.90. The van der Waals surface area contributed by atoms with Crippen LogP contribution in [0.2, 0.25) is 0 Å². The highest BCUT2D eigenvalue weighted by molar-refractivity contribution is 9.10. The molecule has 0 bridgehead atoms. The summed E-state index contributed by atoms with van der Waals surface area (Å²) >= 11 is 5.02. The van der Waals surface area contributed by atoms with Gasteiger partial charge in [0.25, 0.3) is 5.91 Å². The van der Waals surface area contributed by atoms with Crippen LogP contribution < -0.4 is 10.2 Å². The molecule has 0 saturated carbocycles. The van der Waals surface area contributed by atoms with Crippen molar-refractivity contribution < 1.29 is 4.79 Å². The molecule has 0 unspecified atom stereocenters. The SMILES string of the molecule is CCN(CC)c1ccc(/C=C2/SC(=Nc3ccc(C)cc3)NC2=O)cc1Br. The molecule has 1 aliphatic rings. The van der Waals surface area contributed by atoms with Gasteiger partial charge in [0.15, 0.2) is 5.17 Å². The van der Waals surface area contributed by atoms with E-state index in [1.165, 1.54) is 17.3 Å². The molecule has 1 saturated heterocycles. The zero-order valence-corrected chi connectivity index (χ0v) is 18.0. The van der Waals surface area contributed by atoms with Gasteiger partial charge in [-0.05, 0) is 84.4 Å². The maximum absolute atomic E-state index is 12.3. The second-order valence-corrected chi connectivity index (χ2v) is 8.09. The minimum atomic E-state index is -0.116. The van der Waals surface area contributed by atoms with Gasteiger partial charge >= 0.3 is 0 Å². The molecule has 2 aromatic rings. The molecule has 1 amide bonds. The molecule has 0 aromatic heterocycles. The van der Waals surface area contributed by atoms with Crippen LogP contribution in [0.25, 0.3) is 6.08 Å². The molecule has 3 rings (SSSR count). The molecule has 0 atom stereocenters. The molecular weight excluding hydrogens is 422 g/mol. The quantitative estimate of drug-likeness (QED) is 0.620. The number of nitrogens with zero attached hydrogens (tertiary/aromatic N) is 2. The number of thioether (sulfide) groups is 1. The summed E-state index contributed by atoms with van der Waals surface area (Å²) in [5, 5.41) is 3.44. The highest BCUT2D eigenvalue weighted by atomic mass is 79.9. The van der Waals surface area contributed by atoms with Crippen LogP contribution in [0.3, 0.4) is 0 Å². The molecule has 1 N–H and O–H groups in total. The zero-order chi connectivity index (χ0) is 19.4. The van der Waals surface area contributed by atoms with Crippen molar-refractivity contribution in [3.8, 4) is 0 Å². The van der Waals surface area contributed by atoms with Crippen LogP contribution in [0.1, 0.15) is 25.0 Å². The lowest BCUT2D eigenvalue weighted by molar-refractivity contribution is -0.115. The maximum Gasteiger partial charge on any atom is 0.264 e. The van der Waals surface area contributed by atoms with Crippen molar-refractivity contribution >= 4 is 56.2 Å². The van der Waals surface area contributed by atoms with Crippen molar-refractivity contribution in [3.63, 3.8) is 0 Å². The van der Waals surface area contributed by atoms with E-state index in [0.717, 1.165) is 34.5 Å². The molecule has 4 nitrogen and oxygen atoms in total. The van der Waals surface area contributed by atoms with Crippen LogP contribution in [-0.4, -0.2) is 24.2 Å². The number of rotatable bonds is 5. The summed E-state index contributed by atoms with van der Waals surface area (Å²) in [6.45, 7) is 8.22. The van der Waals surface area contributed by atoms with E-state index in [0.29, 0.717) is 10.1 Å². The van der Waals surface area contributed by atoms with E-state index in [-0.39, 0.29) is 5.91 Å². The van der Waals surface area contributed by atoms with E-state index in [9.17, 15) is 4.79 Å². The number of hydrogen-bond acceptors (Lipinski definition) is 4. The smallest absolute Gasteiger partial charge is 0.264 e. The third kappa shape index (κ3) is 4.82. The molecule has 0 spiro atoms. The third-order valence-corrected chi connectivity index (χ3v) is 5.83. The van der Waals surface area contributed by atoms with Gasteiger partial charge in [0.2, 0.25) is 0 Å². The van der Waals surface area contributed by atoms with Crippen LogP contribution in [0.4, 0.5) is 11.4 Å². The second kappa shape index (κ2) is 8.76. The van der Waals surface area contributed by atoms with Crippen molar-refractivity contribution in [1.29, 1.82) is 0 Å². The summed E-state index contributed by atoms with van der Waals surface area (Å²) in [5.41, 5.74) is 4.15. The van der Waals surface area contributed by atoms with Crippen molar-refractivity contribution in [1.82, 2.24) is 5.32 Å². The average Bonchev–Trinajstić information content (AvgIpc) is 2.98. The lowest BCUT2D eigenvalue weighted by Gasteiger charge is -2.22. The number of amides is 1. The number of benzene rings is 2. The fourth-order valence-corrected chi connectivity index (χ4v) is 4.29. The van der Waals surface area contributed by atoms with Crippen LogP contribution in [0.5, 0.6) is 0 Å². The van der Waals surface area contributed by atoms with Gasteiger partial charge in [0.05, 0.1) is 16.3 Å². The first-order valence-electron chi connectivity index (χ1n) is 8.91. The van der Waals surface area contributed by atoms with E-state index in [4.69, 9.17) is 0 Å². The Morgan fingerprint density at radius 1 is 1.15 bits per heavy atom. The first-order valence-corrected chi connectivity index (χ1v) is 10.5. The highest BCUT2D eigenvalue weighted by Crippen LogP contribution is 2.31. The van der Waals surface area contributed by atoms with Crippen LogP contribution >= 0.6 is 27.7 Å². The molecule has 0 radical (unpaired) electrons. The molecule has 1 heterocycles. The number of carbonyl (C=O) groups is 1. The number of anilines is 1. The summed E-state index contributed by atoms with van der Waals surface area (Å²) in [4.78, 5) is 19.7. The first kappa shape index (κ1) is 19.7. The summed E-state index contributed by atoms with van der Waals surface area (Å²) < 4.78 is 1.03. The molecule has 1 aliphatic heterocycles. The molecule has 2 aromatic carbocycles. The average molecular weight is 444 g/mol. The van der Waals surface area contributed by atoms with E-state index in [1.807, 2.05) is 49.4 Å². The lowest BCUT2D eigenvalue weighted by atomic mass is 10.1. The Morgan fingerprint density at radius 2 is 1.85 bits per heavy atom. The van der Waals surface area contributed by atoms with Crippen molar-refractivity contribution in [2.24, 2.45) is 4.99 Å². The summed E-state index contributed by atoms with van der Waals surface area (Å²) in [6, 6.07) is 14.1. The Bertz CT molecular complexity index is 902. The Balaban J connectivity index is 1.80. The van der Waals surface area contributed by atoms with Crippen molar-refractivity contribution in [3.05, 3.63) is 63.0 Å². The van der Waals surface area contributed by atoms with Gasteiger partial charge in [-0.15, -0.1) is 0 Å². The number of amidine groups is 1. The van der Waals surface area contributed by atoms with Crippen LogP contribution in [0, 0.1) is 6.92 Å². The fourth-order valence-electron chi connectivity index (χ4n) is 2.80. The Hall–Kier alpha value is -2.05. The Morgan fingerprint density at radius 3 is 2.48 bits per heavy atom. The van der Waals surface area contributed by atoms with E-state index in [2.05, 4.69) is 51.1 Å². The number of halogens is 1. The highest BCUT2D eigenvalue weighted by Gasteiger charge is 2.23. The van der Waals surface area contributed by atoms with Gasteiger partial charge in [-0.3, -0.25) is 4.79 Å². The Kier molecular flexibility index (Phi) is 6.39. The number of hydrogen-bond donors (Lipinski definition) is 1. The van der Waals surface area contributed by atoms with Crippen molar-refractivity contribution in [2.45, 2.75) is 20.8 Å². The van der Waals surface area contributed by atoms with Crippen LogP contribution in [-0.2, 0) is 4.79 Å². The van der Waals surface area contributed by atoms with E-state index in [1.54, 1.807) is 0 Å². The summed E-state index contributed by atoms with van der Waals surface area (Å²) in [7, 11) is 0. The monoisotopic (exact) mass is 443 g/mol. The predicted molar refractivity (Wildman–Crippen MR) is 120 cm³/mol. The van der Waals surface area contributed by atoms with Crippen LogP contribution in [0.15, 0.2) is 56.8 Å². The standard InChI is InChI=1S/C21H22BrN3OS/c1-4-25(5-2)18-11-8-15(12-17(18)22)13-19-20(26)24-21(27-19)23-16-9-6-14(3)7-10-16/h6-13H,4-5H2,1-3H3,(H,23,24,26)/b19-13+. The first-order chi connectivity index (χ1) is 13.0. The van der Waals surface area contributed by atoms with Gasteiger partial charge in [-0.2, -0.15) is 0 Å². The molecule has 1 fully saturated rings. The van der Waals surface area contributed by atoms with E-state index >= 15 is 0 Å². The number of carbonyl (C=O) groups excluding carboxylic acids is 1. The fraction of sp³-hybridized carbons (Fsp3) is 0.238. The Labute approximate surface area is 172 Å².